The summed E-state index contributed by atoms with van der Waals surface area (Å²) in [5.41, 5.74) is 1.71. The number of carbonyl (C=O) groups is 1. The number of carbonyl (C=O) groups excluding carboxylic acids is 1. The fraction of sp³-hybridized carbons (Fsp3) is 0.368. The summed E-state index contributed by atoms with van der Waals surface area (Å²) in [5.74, 6) is 1.41. The first-order valence-corrected chi connectivity index (χ1v) is 8.74. The third-order valence-electron chi connectivity index (χ3n) is 4.70. The number of fused-ring (bicyclic) bond motifs is 1. The van der Waals surface area contributed by atoms with E-state index >= 15 is 0 Å². The predicted octanol–water partition coefficient (Wildman–Crippen LogP) is 1.64. The molecule has 7 nitrogen and oxygen atoms in total. The number of Topliss-reactive ketones (excluding diaryl/α,β-unsaturated/α-hetero) is 1. The van der Waals surface area contributed by atoms with Gasteiger partial charge in [-0.05, 0) is 13.1 Å². The molecule has 0 atom stereocenters. The van der Waals surface area contributed by atoms with E-state index < -0.39 is 0 Å². The van der Waals surface area contributed by atoms with Crippen LogP contribution >= 0.6 is 0 Å². The lowest BCUT2D eigenvalue weighted by atomic mass is 10.1. The highest BCUT2D eigenvalue weighted by molar-refractivity contribution is 5.84. The van der Waals surface area contributed by atoms with E-state index in [1.54, 1.807) is 12.4 Å². The molecule has 3 heterocycles. The number of benzene rings is 1. The van der Waals surface area contributed by atoms with E-state index in [-0.39, 0.29) is 12.2 Å². The van der Waals surface area contributed by atoms with Crippen LogP contribution in [0.4, 0.5) is 0 Å². The van der Waals surface area contributed by atoms with E-state index in [0.29, 0.717) is 18.1 Å². The minimum absolute atomic E-state index is 0.153. The molecule has 0 spiro atoms. The number of rotatable bonds is 5. The summed E-state index contributed by atoms with van der Waals surface area (Å²) in [5, 5.41) is 0.934. The summed E-state index contributed by atoms with van der Waals surface area (Å²) in [7, 11) is 2.11. The van der Waals surface area contributed by atoms with Gasteiger partial charge in [0.15, 0.2) is 17.9 Å². The zero-order valence-electron chi connectivity index (χ0n) is 14.8. The fourth-order valence-corrected chi connectivity index (χ4v) is 3.15. The van der Waals surface area contributed by atoms with Gasteiger partial charge >= 0.3 is 0 Å². The van der Waals surface area contributed by atoms with E-state index in [0.717, 1.165) is 42.6 Å². The molecular weight excluding hydrogens is 330 g/mol. The topological polar surface area (TPSA) is 75.4 Å². The van der Waals surface area contributed by atoms with Gasteiger partial charge < -0.3 is 9.32 Å². The third kappa shape index (κ3) is 3.79. The molecule has 0 amide bonds. The van der Waals surface area contributed by atoms with Gasteiger partial charge in [0.1, 0.15) is 5.82 Å². The van der Waals surface area contributed by atoms with Crippen LogP contribution in [0.15, 0.2) is 41.4 Å². The van der Waals surface area contributed by atoms with Crippen LogP contribution in [0.25, 0.3) is 22.2 Å². The maximum absolute atomic E-state index is 12.4. The summed E-state index contributed by atoms with van der Waals surface area (Å²) in [6.45, 7) is 4.34. The average molecular weight is 351 g/mol. The normalized spacial score (nSPS) is 16.2. The molecule has 26 heavy (non-hydrogen) atoms. The second-order valence-corrected chi connectivity index (χ2v) is 6.72. The van der Waals surface area contributed by atoms with Crippen LogP contribution in [0, 0.1) is 0 Å². The van der Waals surface area contributed by atoms with Gasteiger partial charge in [-0.15, -0.1) is 0 Å². The first-order chi connectivity index (χ1) is 12.7. The molecule has 7 heteroatoms. The molecule has 0 radical (unpaired) electrons. The summed E-state index contributed by atoms with van der Waals surface area (Å²) >= 11 is 0. The molecule has 0 bridgehead atoms. The minimum Gasteiger partial charge on any atom is -0.444 e. The largest absolute Gasteiger partial charge is 0.444 e. The van der Waals surface area contributed by atoms with Crippen LogP contribution < -0.4 is 0 Å². The molecule has 1 saturated heterocycles. The number of aromatic nitrogens is 3. The molecule has 1 fully saturated rings. The van der Waals surface area contributed by atoms with E-state index in [2.05, 4.69) is 31.8 Å². The van der Waals surface area contributed by atoms with E-state index in [9.17, 15) is 4.79 Å². The number of hydrogen-bond donors (Lipinski definition) is 0. The van der Waals surface area contributed by atoms with Gasteiger partial charge in [0.25, 0.3) is 0 Å². The molecule has 4 rings (SSSR count). The molecule has 0 unspecified atom stereocenters. The van der Waals surface area contributed by atoms with Crippen molar-refractivity contribution in [2.45, 2.75) is 6.42 Å². The number of oxazole rings is 1. The lowest BCUT2D eigenvalue weighted by Crippen LogP contribution is -2.46. The van der Waals surface area contributed by atoms with Gasteiger partial charge in [0.2, 0.25) is 0 Å². The SMILES string of the molecule is CN1CCN(CC(=O)Cc2ncc3ccc(-c4cnco4)cc3n2)CC1. The molecule has 0 N–H and O–H groups in total. The van der Waals surface area contributed by atoms with Crippen molar-refractivity contribution in [3.8, 4) is 11.3 Å². The molecule has 3 aromatic rings. The van der Waals surface area contributed by atoms with Gasteiger partial charge in [0, 0.05) is 43.3 Å². The van der Waals surface area contributed by atoms with Gasteiger partial charge in [0.05, 0.1) is 24.7 Å². The van der Waals surface area contributed by atoms with Crippen molar-refractivity contribution >= 4 is 16.7 Å². The Morgan fingerprint density at radius 1 is 1.19 bits per heavy atom. The van der Waals surface area contributed by atoms with Crippen LogP contribution in [0.3, 0.4) is 0 Å². The molecule has 2 aromatic heterocycles. The molecular formula is C19H21N5O2. The fourth-order valence-electron chi connectivity index (χ4n) is 3.15. The van der Waals surface area contributed by atoms with E-state index in [1.165, 1.54) is 6.39 Å². The highest BCUT2D eigenvalue weighted by Gasteiger charge is 2.17. The van der Waals surface area contributed by atoms with Gasteiger partial charge in [-0.25, -0.2) is 15.0 Å². The number of hydrogen-bond acceptors (Lipinski definition) is 7. The molecule has 134 valence electrons. The summed E-state index contributed by atoms with van der Waals surface area (Å²) in [6.07, 6.45) is 5.10. The first kappa shape index (κ1) is 16.8. The highest BCUT2D eigenvalue weighted by Crippen LogP contribution is 2.22. The molecule has 0 saturated carbocycles. The minimum atomic E-state index is 0.153. The number of nitrogens with zero attached hydrogens (tertiary/aromatic N) is 5. The van der Waals surface area contributed by atoms with Crippen molar-refractivity contribution in [2.75, 3.05) is 39.8 Å². The second-order valence-electron chi connectivity index (χ2n) is 6.72. The Morgan fingerprint density at radius 3 is 2.81 bits per heavy atom. The zero-order valence-corrected chi connectivity index (χ0v) is 14.8. The van der Waals surface area contributed by atoms with Crippen LogP contribution in [0.1, 0.15) is 5.82 Å². The van der Waals surface area contributed by atoms with Gasteiger partial charge in [-0.1, -0.05) is 12.1 Å². The predicted molar refractivity (Wildman–Crippen MR) is 97.7 cm³/mol. The quantitative estimate of drug-likeness (QED) is 0.692. The zero-order chi connectivity index (χ0) is 17.9. The standard InChI is InChI=1S/C19H21N5O2/c1-23-4-6-24(7-5-23)12-16(25)9-19-21-10-15-3-2-14(8-17(15)22-19)18-11-20-13-26-18/h2-3,8,10-11,13H,4-7,9,12H2,1H3. The third-order valence-corrected chi connectivity index (χ3v) is 4.70. The molecule has 1 aliphatic rings. The second kappa shape index (κ2) is 7.31. The van der Waals surface area contributed by atoms with Crippen molar-refractivity contribution in [1.82, 2.24) is 24.8 Å². The monoisotopic (exact) mass is 351 g/mol. The maximum atomic E-state index is 12.4. The number of ketones is 1. The Hall–Kier alpha value is -2.64. The van der Waals surface area contributed by atoms with Gasteiger partial charge in [-0.2, -0.15) is 0 Å². The Balaban J connectivity index is 1.47. The van der Waals surface area contributed by atoms with Crippen LogP contribution in [0.5, 0.6) is 0 Å². The smallest absolute Gasteiger partial charge is 0.181 e. The van der Waals surface area contributed by atoms with Crippen molar-refractivity contribution in [3.05, 3.63) is 42.8 Å². The Bertz CT molecular complexity index is 901. The van der Waals surface area contributed by atoms with E-state index in [1.807, 2.05) is 18.2 Å². The molecule has 0 aliphatic carbocycles. The summed E-state index contributed by atoms with van der Waals surface area (Å²) in [6, 6.07) is 5.83. The Morgan fingerprint density at radius 2 is 2.04 bits per heavy atom. The van der Waals surface area contributed by atoms with Crippen molar-refractivity contribution < 1.29 is 9.21 Å². The lowest BCUT2D eigenvalue weighted by Gasteiger charge is -2.31. The highest BCUT2D eigenvalue weighted by atomic mass is 16.3. The molecule has 1 aliphatic heterocycles. The number of likely N-dealkylation sites (N-methyl/N-ethyl adjacent to an activating group) is 1. The summed E-state index contributed by atoms with van der Waals surface area (Å²) in [4.78, 5) is 29.7. The van der Waals surface area contributed by atoms with Crippen molar-refractivity contribution in [1.29, 1.82) is 0 Å². The maximum Gasteiger partial charge on any atom is 0.181 e. The molecule has 1 aromatic carbocycles. The summed E-state index contributed by atoms with van der Waals surface area (Å²) < 4.78 is 5.34. The van der Waals surface area contributed by atoms with Crippen molar-refractivity contribution in [3.63, 3.8) is 0 Å². The number of piperazine rings is 1. The lowest BCUT2D eigenvalue weighted by molar-refractivity contribution is -0.120. The first-order valence-electron chi connectivity index (χ1n) is 8.74. The van der Waals surface area contributed by atoms with E-state index in [4.69, 9.17) is 4.42 Å². The van der Waals surface area contributed by atoms with Crippen molar-refractivity contribution in [2.24, 2.45) is 0 Å². The average Bonchev–Trinajstić information content (AvgIpc) is 3.18. The van der Waals surface area contributed by atoms with Gasteiger partial charge in [-0.3, -0.25) is 9.69 Å². The van der Waals surface area contributed by atoms with Crippen LogP contribution in [0.2, 0.25) is 0 Å². The van der Waals surface area contributed by atoms with Crippen LogP contribution in [-0.2, 0) is 11.2 Å². The van der Waals surface area contributed by atoms with Crippen LogP contribution in [-0.4, -0.2) is 70.3 Å². The Labute approximate surface area is 151 Å². The Kier molecular flexibility index (Phi) is 4.73.